The highest BCUT2D eigenvalue weighted by atomic mass is 32.2. The van der Waals surface area contributed by atoms with Crippen molar-refractivity contribution in [3.05, 3.63) is 54.4 Å². The number of benzene rings is 1. The van der Waals surface area contributed by atoms with E-state index in [1.54, 1.807) is 30.1 Å². The summed E-state index contributed by atoms with van der Waals surface area (Å²) in [5.41, 5.74) is 7.42. The third-order valence-corrected chi connectivity index (χ3v) is 6.24. The predicted octanol–water partition coefficient (Wildman–Crippen LogP) is 2.12. The fourth-order valence-electron chi connectivity index (χ4n) is 3.54. The van der Waals surface area contributed by atoms with E-state index in [2.05, 4.69) is 21.7 Å². The van der Waals surface area contributed by atoms with Gasteiger partial charge in [-0.2, -0.15) is 0 Å². The zero-order chi connectivity index (χ0) is 21.3. The molecule has 0 unspecified atom stereocenters. The van der Waals surface area contributed by atoms with Gasteiger partial charge in [0.25, 0.3) is 0 Å². The van der Waals surface area contributed by atoms with Gasteiger partial charge in [0.2, 0.25) is 0 Å². The molecule has 1 saturated heterocycles. The fourth-order valence-corrected chi connectivity index (χ4v) is 4.53. The SMILES string of the molecule is C=Nc1c(C(N)=NC)ccn1[C@@H]1O[C@H](CSc2ccc3cccnc3c2)[C@@H](O)[C@H]1O. The monoisotopic (exact) mass is 425 g/mol. The second-order valence-corrected chi connectivity index (χ2v) is 8.04. The number of amidine groups is 1. The van der Waals surface area contributed by atoms with Crippen LogP contribution in [0.25, 0.3) is 10.9 Å². The number of rotatable bonds is 6. The Labute approximate surface area is 178 Å². The minimum Gasteiger partial charge on any atom is -0.387 e. The maximum Gasteiger partial charge on any atom is 0.164 e. The number of aromatic nitrogens is 2. The molecule has 1 aliphatic heterocycles. The van der Waals surface area contributed by atoms with Crippen LogP contribution in [-0.4, -0.2) is 63.4 Å². The first-order valence-electron chi connectivity index (χ1n) is 9.43. The highest BCUT2D eigenvalue weighted by molar-refractivity contribution is 7.99. The van der Waals surface area contributed by atoms with Crippen LogP contribution < -0.4 is 5.73 Å². The third-order valence-electron chi connectivity index (χ3n) is 5.16. The number of hydrogen-bond donors (Lipinski definition) is 3. The Hall–Kier alpha value is -2.72. The Morgan fingerprint density at radius 3 is 2.90 bits per heavy atom. The molecule has 4 atom stereocenters. The van der Waals surface area contributed by atoms with E-state index in [9.17, 15) is 10.2 Å². The molecular formula is C21H23N5O3S. The summed E-state index contributed by atoms with van der Waals surface area (Å²) in [6.45, 7) is 3.59. The van der Waals surface area contributed by atoms with E-state index in [1.807, 2.05) is 30.3 Å². The molecule has 4 N–H and O–H groups in total. The van der Waals surface area contributed by atoms with Crippen LogP contribution in [0.3, 0.4) is 0 Å². The van der Waals surface area contributed by atoms with Gasteiger partial charge in [0.1, 0.15) is 23.9 Å². The lowest BCUT2D eigenvalue weighted by atomic mass is 10.1. The smallest absolute Gasteiger partial charge is 0.164 e. The van der Waals surface area contributed by atoms with Crippen molar-refractivity contribution in [3.63, 3.8) is 0 Å². The topological polar surface area (TPSA) is 118 Å². The van der Waals surface area contributed by atoms with Crippen LogP contribution in [0, 0.1) is 0 Å². The number of ether oxygens (including phenoxy) is 1. The van der Waals surface area contributed by atoms with Crippen LogP contribution in [0.4, 0.5) is 5.82 Å². The van der Waals surface area contributed by atoms with E-state index in [0.717, 1.165) is 15.8 Å². The second kappa shape index (κ2) is 8.57. The fraction of sp³-hybridized carbons (Fsp3) is 0.286. The third kappa shape index (κ3) is 3.72. The second-order valence-electron chi connectivity index (χ2n) is 6.94. The molecular weight excluding hydrogens is 402 g/mol. The average Bonchev–Trinajstić information content (AvgIpc) is 3.32. The zero-order valence-corrected chi connectivity index (χ0v) is 17.2. The number of aliphatic hydroxyl groups is 2. The van der Waals surface area contributed by atoms with Gasteiger partial charge in [-0.25, -0.2) is 4.99 Å². The van der Waals surface area contributed by atoms with Crippen molar-refractivity contribution in [2.75, 3.05) is 12.8 Å². The summed E-state index contributed by atoms with van der Waals surface area (Å²) in [6.07, 6.45) is -0.0643. The van der Waals surface area contributed by atoms with Gasteiger partial charge >= 0.3 is 0 Å². The van der Waals surface area contributed by atoms with E-state index >= 15 is 0 Å². The molecule has 1 aromatic carbocycles. The van der Waals surface area contributed by atoms with E-state index in [-0.39, 0.29) is 0 Å². The quantitative estimate of drug-likeness (QED) is 0.316. The van der Waals surface area contributed by atoms with Crippen LogP contribution in [0.2, 0.25) is 0 Å². The lowest BCUT2D eigenvalue weighted by Gasteiger charge is -2.18. The first-order valence-corrected chi connectivity index (χ1v) is 10.4. The van der Waals surface area contributed by atoms with Crippen LogP contribution in [0.1, 0.15) is 11.8 Å². The van der Waals surface area contributed by atoms with Gasteiger partial charge in [-0.1, -0.05) is 12.1 Å². The molecule has 0 radical (unpaired) electrons. The molecule has 3 aromatic rings. The normalized spacial score (nSPS) is 24.4. The van der Waals surface area contributed by atoms with Gasteiger partial charge in [0.15, 0.2) is 6.23 Å². The summed E-state index contributed by atoms with van der Waals surface area (Å²) >= 11 is 1.54. The van der Waals surface area contributed by atoms with Crippen molar-refractivity contribution < 1.29 is 14.9 Å². The summed E-state index contributed by atoms with van der Waals surface area (Å²) in [6, 6.07) is 11.7. The van der Waals surface area contributed by atoms with Gasteiger partial charge in [-0.05, 0) is 31.0 Å². The summed E-state index contributed by atoms with van der Waals surface area (Å²) in [5, 5.41) is 22.2. The summed E-state index contributed by atoms with van der Waals surface area (Å²) in [5.74, 6) is 1.21. The van der Waals surface area contributed by atoms with Gasteiger partial charge in [-0.15, -0.1) is 11.8 Å². The number of fused-ring (bicyclic) bond motifs is 1. The zero-order valence-electron chi connectivity index (χ0n) is 16.4. The highest BCUT2D eigenvalue weighted by Crippen LogP contribution is 2.36. The maximum atomic E-state index is 10.6. The first-order chi connectivity index (χ1) is 14.5. The van der Waals surface area contributed by atoms with Crippen LogP contribution in [-0.2, 0) is 4.74 Å². The number of aliphatic hydroxyl groups excluding tert-OH is 2. The molecule has 2 aromatic heterocycles. The van der Waals surface area contributed by atoms with Crippen molar-refractivity contribution in [1.29, 1.82) is 0 Å². The van der Waals surface area contributed by atoms with Gasteiger partial charge in [0, 0.05) is 35.5 Å². The average molecular weight is 426 g/mol. The van der Waals surface area contributed by atoms with Gasteiger partial charge < -0.3 is 25.3 Å². The number of nitrogens with zero attached hydrogens (tertiary/aromatic N) is 4. The van der Waals surface area contributed by atoms with E-state index in [1.165, 1.54) is 11.8 Å². The van der Waals surface area contributed by atoms with Gasteiger partial charge in [0.05, 0.1) is 17.2 Å². The number of hydrogen-bond acceptors (Lipinski definition) is 7. The van der Waals surface area contributed by atoms with Crippen molar-refractivity contribution >= 4 is 41.0 Å². The highest BCUT2D eigenvalue weighted by Gasteiger charge is 2.44. The number of thioether (sulfide) groups is 1. The minimum absolute atomic E-state index is 0.307. The van der Waals surface area contributed by atoms with Gasteiger partial charge in [-0.3, -0.25) is 9.98 Å². The van der Waals surface area contributed by atoms with E-state index < -0.39 is 24.5 Å². The van der Waals surface area contributed by atoms with E-state index in [0.29, 0.717) is 23.0 Å². The Morgan fingerprint density at radius 1 is 1.30 bits per heavy atom. The molecule has 156 valence electrons. The molecule has 0 bridgehead atoms. The summed E-state index contributed by atoms with van der Waals surface area (Å²) in [4.78, 5) is 13.4. The van der Waals surface area contributed by atoms with Crippen LogP contribution >= 0.6 is 11.8 Å². The van der Waals surface area contributed by atoms with Crippen molar-refractivity contribution in [2.45, 2.75) is 29.4 Å². The molecule has 9 heteroatoms. The lowest BCUT2D eigenvalue weighted by molar-refractivity contribution is -0.0297. The molecule has 30 heavy (non-hydrogen) atoms. The lowest BCUT2D eigenvalue weighted by Crippen LogP contribution is -2.32. The molecule has 8 nitrogen and oxygen atoms in total. The van der Waals surface area contributed by atoms with Crippen molar-refractivity contribution in [2.24, 2.45) is 15.7 Å². The summed E-state index contributed by atoms with van der Waals surface area (Å²) < 4.78 is 7.63. The molecule has 1 fully saturated rings. The molecule has 0 saturated carbocycles. The Bertz CT molecular complexity index is 1100. The van der Waals surface area contributed by atoms with Crippen molar-refractivity contribution in [3.8, 4) is 0 Å². The predicted molar refractivity (Wildman–Crippen MR) is 119 cm³/mol. The standard InChI is InChI=1S/C21H23N5O3S/c1-23-19(22)14-7-9-26(20(14)24-2)21-18(28)17(27)16(29-21)11-30-13-6-5-12-4-3-8-25-15(12)10-13/h3-10,16-18,21,27-28H,2,11H2,1H3,(H2,22,23)/t16-,17-,18-,21-/m1/s1. The van der Waals surface area contributed by atoms with Crippen LogP contribution in [0.15, 0.2) is 63.7 Å². The Balaban J connectivity index is 1.50. The largest absolute Gasteiger partial charge is 0.387 e. The Kier molecular flexibility index (Phi) is 5.87. The Morgan fingerprint density at radius 2 is 2.13 bits per heavy atom. The molecule has 3 heterocycles. The molecule has 0 amide bonds. The molecule has 0 aliphatic carbocycles. The first kappa shape index (κ1) is 20.5. The number of aliphatic imine (C=N–C) groups is 2. The number of pyridine rings is 1. The molecule has 4 rings (SSSR count). The van der Waals surface area contributed by atoms with E-state index in [4.69, 9.17) is 10.5 Å². The maximum absolute atomic E-state index is 10.6. The number of nitrogens with two attached hydrogens (primary N) is 1. The summed E-state index contributed by atoms with van der Waals surface area (Å²) in [7, 11) is 1.58. The van der Waals surface area contributed by atoms with Crippen molar-refractivity contribution in [1.82, 2.24) is 9.55 Å². The molecule has 1 aliphatic rings. The minimum atomic E-state index is -1.12. The van der Waals surface area contributed by atoms with Crippen LogP contribution in [0.5, 0.6) is 0 Å². The molecule has 0 spiro atoms.